The summed E-state index contributed by atoms with van der Waals surface area (Å²) in [5.74, 6) is 0.386. The molecule has 0 radical (unpaired) electrons. The molecule has 3 atom stereocenters. The van der Waals surface area contributed by atoms with E-state index in [9.17, 15) is 9.59 Å². The van der Waals surface area contributed by atoms with Gasteiger partial charge in [-0.3, -0.25) is 19.5 Å². The van der Waals surface area contributed by atoms with Crippen LogP contribution in [0.25, 0.3) is 0 Å². The van der Waals surface area contributed by atoms with Gasteiger partial charge in [0.1, 0.15) is 12.4 Å². The molecule has 34 heavy (non-hydrogen) atoms. The monoisotopic (exact) mass is 468 g/mol. The van der Waals surface area contributed by atoms with E-state index in [4.69, 9.17) is 9.47 Å². The SMILES string of the molecule is CCC(=O)Nc1ccc2c(c1)C(=O)N(C)C[C@H](OC)[C@H](C)CN(Cc1ccccn1)[C@H](C)CO2. The van der Waals surface area contributed by atoms with E-state index in [1.807, 2.05) is 18.2 Å². The van der Waals surface area contributed by atoms with Gasteiger partial charge in [-0.25, -0.2) is 0 Å². The maximum absolute atomic E-state index is 13.4. The fourth-order valence-corrected chi connectivity index (χ4v) is 4.10. The van der Waals surface area contributed by atoms with Crippen LogP contribution in [0, 0.1) is 5.92 Å². The molecule has 1 aliphatic heterocycles. The van der Waals surface area contributed by atoms with Crippen molar-refractivity contribution in [3.63, 3.8) is 0 Å². The number of benzene rings is 1. The predicted octanol–water partition coefficient (Wildman–Crippen LogP) is 3.44. The molecule has 8 heteroatoms. The molecule has 184 valence electrons. The van der Waals surface area contributed by atoms with Crippen LogP contribution in [0.15, 0.2) is 42.6 Å². The second kappa shape index (κ2) is 11.9. The molecule has 2 heterocycles. The van der Waals surface area contributed by atoms with Crippen LogP contribution in [-0.2, 0) is 16.1 Å². The zero-order valence-electron chi connectivity index (χ0n) is 20.8. The zero-order valence-corrected chi connectivity index (χ0v) is 20.8. The summed E-state index contributed by atoms with van der Waals surface area (Å²) in [4.78, 5) is 33.8. The highest BCUT2D eigenvalue weighted by atomic mass is 16.5. The Labute approximate surface area is 202 Å². The highest BCUT2D eigenvalue weighted by Gasteiger charge is 2.28. The number of amides is 2. The van der Waals surface area contributed by atoms with Gasteiger partial charge in [0.05, 0.1) is 17.4 Å². The Balaban J connectivity index is 1.93. The van der Waals surface area contributed by atoms with E-state index in [0.29, 0.717) is 43.1 Å². The number of fused-ring (bicyclic) bond motifs is 1. The molecule has 1 aromatic heterocycles. The number of nitrogens with one attached hydrogen (secondary N) is 1. The number of likely N-dealkylation sites (N-methyl/N-ethyl adjacent to an activating group) is 1. The first-order chi connectivity index (χ1) is 16.3. The number of aromatic nitrogens is 1. The lowest BCUT2D eigenvalue weighted by molar-refractivity contribution is -0.115. The van der Waals surface area contributed by atoms with E-state index in [1.165, 1.54) is 0 Å². The van der Waals surface area contributed by atoms with Crippen LogP contribution in [0.2, 0.25) is 0 Å². The lowest BCUT2D eigenvalue weighted by Crippen LogP contribution is -2.46. The number of ether oxygens (including phenoxy) is 2. The minimum atomic E-state index is -0.171. The summed E-state index contributed by atoms with van der Waals surface area (Å²) in [7, 11) is 3.45. The normalized spacial score (nSPS) is 22.2. The van der Waals surface area contributed by atoms with Gasteiger partial charge >= 0.3 is 0 Å². The number of carbonyl (C=O) groups excluding carboxylic acids is 2. The highest BCUT2D eigenvalue weighted by molar-refractivity contribution is 5.99. The van der Waals surface area contributed by atoms with E-state index >= 15 is 0 Å². The number of rotatable bonds is 5. The number of nitrogens with zero attached hydrogens (tertiary/aromatic N) is 3. The molecule has 0 saturated carbocycles. The average molecular weight is 469 g/mol. The molecular weight excluding hydrogens is 432 g/mol. The van der Waals surface area contributed by atoms with Gasteiger partial charge in [0, 0.05) is 58.1 Å². The maximum Gasteiger partial charge on any atom is 0.257 e. The first kappa shape index (κ1) is 25.6. The topological polar surface area (TPSA) is 84.0 Å². The smallest absolute Gasteiger partial charge is 0.257 e. The van der Waals surface area contributed by atoms with Crippen LogP contribution >= 0.6 is 0 Å². The van der Waals surface area contributed by atoms with Crippen LogP contribution < -0.4 is 10.1 Å². The molecule has 3 rings (SSSR count). The Kier molecular flexibility index (Phi) is 9.01. The van der Waals surface area contributed by atoms with Crippen molar-refractivity contribution in [3.8, 4) is 5.75 Å². The molecule has 2 amide bonds. The third kappa shape index (κ3) is 6.55. The molecule has 1 aromatic carbocycles. The van der Waals surface area contributed by atoms with E-state index < -0.39 is 0 Å². The molecular formula is C26H36N4O4. The second-order valence-corrected chi connectivity index (χ2v) is 8.96. The van der Waals surface area contributed by atoms with Crippen molar-refractivity contribution >= 4 is 17.5 Å². The Morgan fingerprint density at radius 1 is 1.24 bits per heavy atom. The fourth-order valence-electron chi connectivity index (χ4n) is 4.10. The van der Waals surface area contributed by atoms with Crippen LogP contribution in [0.4, 0.5) is 5.69 Å². The summed E-state index contributed by atoms with van der Waals surface area (Å²) in [6.07, 6.45) is 2.03. The number of hydrogen-bond donors (Lipinski definition) is 1. The summed E-state index contributed by atoms with van der Waals surface area (Å²) in [6.45, 7) is 8.35. The Bertz CT molecular complexity index is 969. The summed E-state index contributed by atoms with van der Waals surface area (Å²) in [5.41, 5.74) is 1.99. The Hall–Kier alpha value is -2.97. The summed E-state index contributed by atoms with van der Waals surface area (Å²) < 4.78 is 12.0. The van der Waals surface area contributed by atoms with Crippen LogP contribution in [0.5, 0.6) is 5.75 Å². The lowest BCUT2D eigenvalue weighted by atomic mass is 10.0. The van der Waals surface area contributed by atoms with Gasteiger partial charge in [-0.2, -0.15) is 0 Å². The molecule has 0 fully saturated rings. The molecule has 0 unspecified atom stereocenters. The van der Waals surface area contributed by atoms with Crippen LogP contribution in [0.3, 0.4) is 0 Å². The van der Waals surface area contributed by atoms with Gasteiger partial charge in [0.15, 0.2) is 0 Å². The number of pyridine rings is 1. The third-order valence-corrected chi connectivity index (χ3v) is 6.27. The Morgan fingerprint density at radius 3 is 2.71 bits per heavy atom. The van der Waals surface area contributed by atoms with Gasteiger partial charge in [0.2, 0.25) is 5.91 Å². The van der Waals surface area contributed by atoms with Crippen molar-refractivity contribution in [2.24, 2.45) is 5.92 Å². The highest BCUT2D eigenvalue weighted by Crippen LogP contribution is 2.27. The lowest BCUT2D eigenvalue weighted by Gasteiger charge is -2.35. The van der Waals surface area contributed by atoms with Crippen molar-refractivity contribution < 1.29 is 19.1 Å². The van der Waals surface area contributed by atoms with Crippen molar-refractivity contribution in [1.82, 2.24) is 14.8 Å². The van der Waals surface area contributed by atoms with Gasteiger partial charge in [-0.05, 0) is 43.2 Å². The van der Waals surface area contributed by atoms with Crippen LogP contribution in [-0.4, -0.2) is 72.6 Å². The van der Waals surface area contributed by atoms with Crippen molar-refractivity contribution in [2.75, 3.05) is 39.2 Å². The van der Waals surface area contributed by atoms with Crippen LogP contribution in [0.1, 0.15) is 43.2 Å². The number of methoxy groups -OCH3 is 1. The van der Waals surface area contributed by atoms with E-state index in [0.717, 1.165) is 12.2 Å². The molecule has 2 aromatic rings. The standard InChI is InChI=1S/C26H36N4O4/c1-6-25(31)28-20-10-11-23-22(13-20)26(32)29(4)16-24(33-5)18(2)14-30(19(3)17-34-23)15-21-9-7-8-12-27-21/h7-13,18-19,24H,6,14-17H2,1-5H3,(H,28,31)/t18-,19-,24+/m1/s1. The van der Waals surface area contributed by atoms with Crippen molar-refractivity contribution in [1.29, 1.82) is 0 Å². The molecule has 0 spiro atoms. The minimum Gasteiger partial charge on any atom is -0.491 e. The van der Waals surface area contributed by atoms with E-state index in [-0.39, 0.29) is 29.9 Å². The average Bonchev–Trinajstić information content (AvgIpc) is 2.85. The summed E-state index contributed by atoms with van der Waals surface area (Å²) in [5, 5.41) is 2.83. The first-order valence-electron chi connectivity index (χ1n) is 11.8. The number of hydrogen-bond acceptors (Lipinski definition) is 6. The number of carbonyl (C=O) groups is 2. The van der Waals surface area contributed by atoms with Gasteiger partial charge < -0.3 is 19.7 Å². The molecule has 0 bridgehead atoms. The van der Waals surface area contributed by atoms with Gasteiger partial charge in [-0.1, -0.05) is 19.9 Å². The largest absolute Gasteiger partial charge is 0.491 e. The molecule has 1 aliphatic rings. The predicted molar refractivity (Wildman–Crippen MR) is 132 cm³/mol. The quantitative estimate of drug-likeness (QED) is 0.724. The summed E-state index contributed by atoms with van der Waals surface area (Å²) >= 11 is 0. The van der Waals surface area contributed by atoms with Crippen molar-refractivity contribution in [2.45, 2.75) is 45.9 Å². The zero-order chi connectivity index (χ0) is 24.7. The summed E-state index contributed by atoms with van der Waals surface area (Å²) in [6, 6.07) is 11.2. The molecule has 8 nitrogen and oxygen atoms in total. The second-order valence-electron chi connectivity index (χ2n) is 8.96. The van der Waals surface area contributed by atoms with E-state index in [1.54, 1.807) is 50.4 Å². The minimum absolute atomic E-state index is 0.0709. The number of anilines is 1. The van der Waals surface area contributed by atoms with Gasteiger partial charge in [0.25, 0.3) is 5.91 Å². The van der Waals surface area contributed by atoms with Crippen molar-refractivity contribution in [3.05, 3.63) is 53.9 Å². The molecule has 0 saturated heterocycles. The third-order valence-electron chi connectivity index (χ3n) is 6.27. The first-order valence-corrected chi connectivity index (χ1v) is 11.8. The fraction of sp³-hybridized carbons (Fsp3) is 0.500. The van der Waals surface area contributed by atoms with E-state index in [2.05, 4.69) is 29.0 Å². The molecule has 0 aliphatic carbocycles. The van der Waals surface area contributed by atoms with Gasteiger partial charge in [-0.15, -0.1) is 0 Å². The Morgan fingerprint density at radius 2 is 2.03 bits per heavy atom. The maximum atomic E-state index is 13.4. The molecule has 1 N–H and O–H groups in total.